The molecule has 5 heteroatoms. The maximum absolute atomic E-state index is 12.2. The number of carbonyl (C=O) groups is 1. The van der Waals surface area contributed by atoms with Gasteiger partial charge in [0, 0.05) is 31.5 Å². The molecule has 1 aliphatic rings. The van der Waals surface area contributed by atoms with Crippen LogP contribution in [0.15, 0.2) is 36.4 Å². The molecular formula is C19H25N3O2. The lowest BCUT2D eigenvalue weighted by molar-refractivity contribution is -0.132. The number of aromatic amines is 1. The van der Waals surface area contributed by atoms with Gasteiger partial charge in [0.2, 0.25) is 5.91 Å². The van der Waals surface area contributed by atoms with Gasteiger partial charge in [-0.05, 0) is 31.7 Å². The molecule has 0 spiro atoms. The molecule has 128 valence electrons. The molecule has 1 fully saturated rings. The second-order valence-corrected chi connectivity index (χ2v) is 6.40. The van der Waals surface area contributed by atoms with Gasteiger partial charge in [-0.25, -0.2) is 0 Å². The third kappa shape index (κ3) is 4.45. The van der Waals surface area contributed by atoms with E-state index in [1.807, 2.05) is 30.1 Å². The average Bonchev–Trinajstić information content (AvgIpc) is 3.27. The first-order chi connectivity index (χ1) is 11.7. The molecule has 1 unspecified atom stereocenters. The quantitative estimate of drug-likeness (QED) is 0.850. The maximum Gasteiger partial charge on any atom is 0.224 e. The standard InChI is InChI=1S/C19H25N3O2/c1-22(19(23)14-17-10-6-12-24-17)11-5-9-16-13-18(21-20-16)15-7-3-2-4-8-15/h2-4,7-8,13,17H,5-6,9-12,14H2,1H3,(H,20,21). The third-order valence-corrected chi connectivity index (χ3v) is 4.49. The smallest absolute Gasteiger partial charge is 0.224 e. The SMILES string of the molecule is CN(CCCc1cc(-c2ccccc2)n[nH]1)C(=O)CC1CCCO1. The van der Waals surface area contributed by atoms with E-state index < -0.39 is 0 Å². The number of H-pyrrole nitrogens is 1. The van der Waals surface area contributed by atoms with E-state index in [0.717, 1.165) is 55.8 Å². The highest BCUT2D eigenvalue weighted by atomic mass is 16.5. The van der Waals surface area contributed by atoms with Gasteiger partial charge in [-0.1, -0.05) is 30.3 Å². The molecule has 0 radical (unpaired) electrons. The Morgan fingerprint density at radius 1 is 1.38 bits per heavy atom. The fourth-order valence-corrected chi connectivity index (χ4v) is 3.03. The summed E-state index contributed by atoms with van der Waals surface area (Å²) in [5.74, 6) is 0.177. The minimum atomic E-state index is 0.126. The van der Waals surface area contributed by atoms with E-state index in [4.69, 9.17) is 4.74 Å². The topological polar surface area (TPSA) is 58.2 Å². The first kappa shape index (κ1) is 16.7. The number of amides is 1. The van der Waals surface area contributed by atoms with Gasteiger partial charge in [-0.2, -0.15) is 5.10 Å². The zero-order valence-electron chi connectivity index (χ0n) is 14.2. The molecule has 3 rings (SSSR count). The molecule has 0 saturated carbocycles. The number of hydrogen-bond acceptors (Lipinski definition) is 3. The zero-order valence-corrected chi connectivity index (χ0v) is 14.2. The van der Waals surface area contributed by atoms with Crippen LogP contribution in [-0.4, -0.2) is 47.3 Å². The van der Waals surface area contributed by atoms with Gasteiger partial charge in [0.05, 0.1) is 18.2 Å². The minimum Gasteiger partial charge on any atom is -0.378 e. The number of aromatic nitrogens is 2. The molecule has 1 aromatic carbocycles. The van der Waals surface area contributed by atoms with Gasteiger partial charge >= 0.3 is 0 Å². The second kappa shape index (κ2) is 8.11. The predicted molar refractivity (Wildman–Crippen MR) is 93.6 cm³/mol. The number of ether oxygens (including phenoxy) is 1. The molecule has 1 aromatic heterocycles. The molecule has 1 saturated heterocycles. The summed E-state index contributed by atoms with van der Waals surface area (Å²) >= 11 is 0. The Morgan fingerprint density at radius 2 is 2.21 bits per heavy atom. The highest BCUT2D eigenvalue weighted by Crippen LogP contribution is 2.18. The van der Waals surface area contributed by atoms with Crippen LogP contribution in [0, 0.1) is 0 Å². The number of hydrogen-bond donors (Lipinski definition) is 1. The van der Waals surface area contributed by atoms with Crippen molar-refractivity contribution in [3.8, 4) is 11.3 Å². The Labute approximate surface area is 143 Å². The Bertz CT molecular complexity index is 648. The summed E-state index contributed by atoms with van der Waals surface area (Å²) in [6, 6.07) is 12.2. The van der Waals surface area contributed by atoms with E-state index in [1.54, 1.807) is 0 Å². The van der Waals surface area contributed by atoms with Crippen molar-refractivity contribution < 1.29 is 9.53 Å². The van der Waals surface area contributed by atoms with Crippen LogP contribution in [0.3, 0.4) is 0 Å². The Hall–Kier alpha value is -2.14. The van der Waals surface area contributed by atoms with Crippen LogP contribution in [0.4, 0.5) is 0 Å². The minimum absolute atomic E-state index is 0.126. The summed E-state index contributed by atoms with van der Waals surface area (Å²) in [6.07, 6.45) is 4.53. The van der Waals surface area contributed by atoms with Crippen LogP contribution in [0.1, 0.15) is 31.4 Å². The first-order valence-corrected chi connectivity index (χ1v) is 8.67. The van der Waals surface area contributed by atoms with Crippen molar-refractivity contribution >= 4 is 5.91 Å². The van der Waals surface area contributed by atoms with Gasteiger partial charge in [-0.15, -0.1) is 0 Å². The number of rotatable bonds is 7. The summed E-state index contributed by atoms with van der Waals surface area (Å²) in [6.45, 7) is 1.55. The Kier molecular flexibility index (Phi) is 5.64. The van der Waals surface area contributed by atoms with Gasteiger partial charge < -0.3 is 9.64 Å². The molecule has 2 heterocycles. The summed E-state index contributed by atoms with van der Waals surface area (Å²) in [5.41, 5.74) is 3.19. The zero-order chi connectivity index (χ0) is 16.8. The fraction of sp³-hybridized carbons (Fsp3) is 0.474. The highest BCUT2D eigenvalue weighted by Gasteiger charge is 2.20. The molecule has 1 N–H and O–H groups in total. The number of nitrogens with zero attached hydrogens (tertiary/aromatic N) is 2. The van der Waals surface area contributed by atoms with Crippen LogP contribution < -0.4 is 0 Å². The normalized spacial score (nSPS) is 17.1. The van der Waals surface area contributed by atoms with Crippen molar-refractivity contribution in [3.05, 3.63) is 42.1 Å². The highest BCUT2D eigenvalue weighted by molar-refractivity contribution is 5.76. The molecule has 1 aliphatic heterocycles. The molecular weight excluding hydrogens is 302 g/mol. The van der Waals surface area contributed by atoms with Crippen molar-refractivity contribution in [1.82, 2.24) is 15.1 Å². The molecule has 2 aromatic rings. The molecule has 1 atom stereocenters. The number of benzene rings is 1. The van der Waals surface area contributed by atoms with E-state index in [9.17, 15) is 4.79 Å². The van der Waals surface area contributed by atoms with Crippen LogP contribution in [0.2, 0.25) is 0 Å². The van der Waals surface area contributed by atoms with Crippen molar-refractivity contribution in [2.45, 2.75) is 38.2 Å². The van der Waals surface area contributed by atoms with E-state index in [0.29, 0.717) is 6.42 Å². The van der Waals surface area contributed by atoms with Crippen molar-refractivity contribution in [3.63, 3.8) is 0 Å². The first-order valence-electron chi connectivity index (χ1n) is 8.67. The molecule has 0 aliphatic carbocycles. The summed E-state index contributed by atoms with van der Waals surface area (Å²) in [5, 5.41) is 7.46. The average molecular weight is 327 g/mol. The second-order valence-electron chi connectivity index (χ2n) is 6.40. The van der Waals surface area contributed by atoms with E-state index in [-0.39, 0.29) is 12.0 Å². The maximum atomic E-state index is 12.2. The van der Waals surface area contributed by atoms with E-state index in [2.05, 4.69) is 28.4 Å². The van der Waals surface area contributed by atoms with Crippen LogP contribution in [0.25, 0.3) is 11.3 Å². The van der Waals surface area contributed by atoms with Crippen molar-refractivity contribution in [2.24, 2.45) is 0 Å². The van der Waals surface area contributed by atoms with Crippen LogP contribution in [-0.2, 0) is 16.0 Å². The lowest BCUT2D eigenvalue weighted by atomic mass is 10.1. The molecule has 24 heavy (non-hydrogen) atoms. The number of aryl methyl sites for hydroxylation is 1. The van der Waals surface area contributed by atoms with Crippen molar-refractivity contribution in [2.75, 3.05) is 20.2 Å². The van der Waals surface area contributed by atoms with Crippen molar-refractivity contribution in [1.29, 1.82) is 0 Å². The van der Waals surface area contributed by atoms with Gasteiger partial charge in [0.15, 0.2) is 0 Å². The monoisotopic (exact) mass is 327 g/mol. The van der Waals surface area contributed by atoms with E-state index in [1.165, 1.54) is 0 Å². The lowest BCUT2D eigenvalue weighted by Crippen LogP contribution is -2.30. The largest absolute Gasteiger partial charge is 0.378 e. The third-order valence-electron chi connectivity index (χ3n) is 4.49. The van der Waals surface area contributed by atoms with Crippen LogP contribution in [0.5, 0.6) is 0 Å². The summed E-state index contributed by atoms with van der Waals surface area (Å²) in [7, 11) is 1.87. The summed E-state index contributed by atoms with van der Waals surface area (Å²) in [4.78, 5) is 14.0. The van der Waals surface area contributed by atoms with Gasteiger partial charge in [0.1, 0.15) is 0 Å². The van der Waals surface area contributed by atoms with Crippen LogP contribution >= 0.6 is 0 Å². The number of nitrogens with one attached hydrogen (secondary N) is 1. The van der Waals surface area contributed by atoms with Gasteiger partial charge in [0.25, 0.3) is 0 Å². The lowest BCUT2D eigenvalue weighted by Gasteiger charge is -2.18. The Balaban J connectivity index is 1.43. The number of carbonyl (C=O) groups excluding carboxylic acids is 1. The fourth-order valence-electron chi connectivity index (χ4n) is 3.03. The molecule has 5 nitrogen and oxygen atoms in total. The van der Waals surface area contributed by atoms with Gasteiger partial charge in [-0.3, -0.25) is 9.89 Å². The summed E-state index contributed by atoms with van der Waals surface area (Å²) < 4.78 is 5.53. The predicted octanol–water partition coefficient (Wildman–Crippen LogP) is 3.04. The molecule has 1 amide bonds. The Morgan fingerprint density at radius 3 is 2.96 bits per heavy atom. The van der Waals surface area contributed by atoms with E-state index >= 15 is 0 Å². The molecule has 0 bridgehead atoms.